The average Bonchev–Trinajstić information content (AvgIpc) is 0.842. The minimum Gasteiger partial charge on any atom is -0.423 e. The average molecular weight is 1380 g/mol. The van der Waals surface area contributed by atoms with E-state index in [2.05, 4.69) is 272 Å². The molecule has 0 saturated heterocycles. The molecule has 0 heterocycles. The molecule has 14 aromatic carbocycles. The van der Waals surface area contributed by atoms with Crippen molar-refractivity contribution in [1.29, 1.82) is 0 Å². The Bertz CT molecular complexity index is 5160. The number of anilines is 12. The number of ether oxygens (including phenoxy) is 3. The van der Waals surface area contributed by atoms with E-state index in [9.17, 15) is 14.4 Å². The second-order valence-electron chi connectivity index (χ2n) is 24.8. The van der Waals surface area contributed by atoms with Crippen LogP contribution in [0.25, 0.3) is 33.4 Å². The SMILES string of the molecule is C=C(C)C(=O)Oc1ccc(-c2ccc(N(c3ccccc3)c3ccccc3)cc2)cc1.C=CC(=O)Oc1ccc(-c2ccc(N(c3ccccc3)c3ccccc3)cc2)cc1.C=CC(=O)Oc1ccc(N(c2ccc(-c3ccc(N(c4ccccc4)c4cccc(C)c4)cc3)cc2)c2cccc(C)c2)cc1. The highest BCUT2D eigenvalue weighted by Crippen LogP contribution is 2.41. The molecule has 0 aliphatic carbocycles. The van der Waals surface area contributed by atoms with Gasteiger partial charge in [-0.1, -0.05) is 208 Å². The normalized spacial score (nSPS) is 10.4. The van der Waals surface area contributed by atoms with E-state index in [-0.39, 0.29) is 0 Å². The van der Waals surface area contributed by atoms with Crippen molar-refractivity contribution in [2.24, 2.45) is 0 Å². The van der Waals surface area contributed by atoms with Crippen LogP contribution in [0, 0.1) is 13.8 Å². The molecule has 0 saturated carbocycles. The van der Waals surface area contributed by atoms with Crippen LogP contribution in [0.1, 0.15) is 18.1 Å². The molecule has 106 heavy (non-hydrogen) atoms. The summed E-state index contributed by atoms with van der Waals surface area (Å²) < 4.78 is 15.7. The van der Waals surface area contributed by atoms with Gasteiger partial charge in [-0.05, 0) is 247 Å². The van der Waals surface area contributed by atoms with Crippen molar-refractivity contribution in [3.05, 3.63) is 419 Å². The van der Waals surface area contributed by atoms with E-state index in [0.29, 0.717) is 22.8 Å². The molecule has 0 amide bonds. The fourth-order valence-electron chi connectivity index (χ4n) is 12.0. The minimum atomic E-state index is -0.482. The lowest BCUT2D eigenvalue weighted by Crippen LogP contribution is -2.10. The molecule has 0 unspecified atom stereocenters. The van der Waals surface area contributed by atoms with Gasteiger partial charge in [-0.15, -0.1) is 0 Å². The zero-order chi connectivity index (χ0) is 73.6. The van der Waals surface area contributed by atoms with Crippen LogP contribution in [0.15, 0.2) is 408 Å². The Labute approximate surface area is 620 Å². The first kappa shape index (κ1) is 71.7. The second kappa shape index (κ2) is 35.0. The Morgan fingerprint density at radius 3 is 0.689 bits per heavy atom. The van der Waals surface area contributed by atoms with Crippen LogP contribution in [-0.4, -0.2) is 17.9 Å². The molecule has 518 valence electrons. The van der Waals surface area contributed by atoms with Gasteiger partial charge in [0, 0.05) is 86.0 Å². The minimum absolute atomic E-state index is 0.376. The first-order valence-electron chi connectivity index (χ1n) is 34.7. The first-order valence-corrected chi connectivity index (χ1v) is 34.7. The summed E-state index contributed by atoms with van der Waals surface area (Å²) in [6, 6.07) is 125. The molecule has 0 aromatic heterocycles. The Balaban J connectivity index is 0.000000154. The monoisotopic (exact) mass is 1380 g/mol. The molecule has 0 radical (unpaired) electrons. The van der Waals surface area contributed by atoms with Gasteiger partial charge < -0.3 is 33.8 Å². The molecule has 0 atom stereocenters. The Morgan fingerprint density at radius 1 is 0.255 bits per heavy atom. The van der Waals surface area contributed by atoms with Gasteiger partial charge in [-0.25, -0.2) is 14.4 Å². The predicted octanol–water partition coefficient (Wildman–Crippen LogP) is 25.2. The molecule has 0 fully saturated rings. The van der Waals surface area contributed by atoms with Crippen molar-refractivity contribution in [2.75, 3.05) is 19.6 Å². The molecule has 10 nitrogen and oxygen atoms in total. The lowest BCUT2D eigenvalue weighted by Gasteiger charge is -2.26. The standard InChI is InChI=1S/C41H34N2O2.C28H23NO2.C27H21NO2/c1-4-41(44)45-40-26-24-37(25-27-40)43(39-15-9-11-31(3)29-39)36-22-18-33(19-23-36)32-16-20-35(21-17-32)42(34-12-6-5-7-13-34)38-14-8-10-30(2)28-38;1-21(2)28(30)31-27-19-15-23(16-20-27)22-13-17-26(18-14-22)29(24-9-5-3-6-10-24)25-11-7-4-8-12-25;1-2-27(29)30-26-19-15-22(16-20-26)21-13-17-25(18-14-21)28(23-9-5-3-6-10-23)24-11-7-4-8-12-24/h4-29H,1H2,2-3H3;3-20H,1H2,2H3;2-20H,1H2. The van der Waals surface area contributed by atoms with Crippen LogP contribution < -0.4 is 33.8 Å². The second-order valence-corrected chi connectivity index (χ2v) is 24.8. The summed E-state index contributed by atoms with van der Waals surface area (Å²) in [5, 5.41) is 0. The zero-order valence-electron chi connectivity index (χ0n) is 59.2. The number of hydrogen-bond acceptors (Lipinski definition) is 10. The van der Waals surface area contributed by atoms with Crippen LogP contribution in [0.4, 0.5) is 68.2 Å². The van der Waals surface area contributed by atoms with E-state index in [1.54, 1.807) is 43.3 Å². The van der Waals surface area contributed by atoms with Gasteiger partial charge in [0.25, 0.3) is 0 Å². The summed E-state index contributed by atoms with van der Waals surface area (Å²) in [5.74, 6) is 0.116. The van der Waals surface area contributed by atoms with Crippen molar-refractivity contribution in [3.8, 4) is 50.6 Å². The van der Waals surface area contributed by atoms with E-state index in [4.69, 9.17) is 14.2 Å². The fraction of sp³-hybridized carbons (Fsp3) is 0.0312. The first-order chi connectivity index (χ1) is 51.8. The van der Waals surface area contributed by atoms with E-state index in [1.807, 2.05) is 115 Å². The van der Waals surface area contributed by atoms with Gasteiger partial charge in [-0.3, -0.25) is 0 Å². The number of nitrogens with zero attached hydrogens (tertiary/aromatic N) is 4. The van der Waals surface area contributed by atoms with Crippen LogP contribution in [0.2, 0.25) is 0 Å². The summed E-state index contributed by atoms with van der Waals surface area (Å²) in [7, 11) is 0. The van der Waals surface area contributed by atoms with E-state index in [0.717, 1.165) is 114 Å². The van der Waals surface area contributed by atoms with Gasteiger partial charge >= 0.3 is 17.9 Å². The molecule has 14 aromatic rings. The Kier molecular flexibility index (Phi) is 23.7. The van der Waals surface area contributed by atoms with Gasteiger partial charge in [-0.2, -0.15) is 0 Å². The number of benzene rings is 14. The van der Waals surface area contributed by atoms with Crippen molar-refractivity contribution in [3.63, 3.8) is 0 Å². The maximum absolute atomic E-state index is 11.7. The number of hydrogen-bond donors (Lipinski definition) is 0. The Hall–Kier alpha value is -14.1. The highest BCUT2D eigenvalue weighted by Gasteiger charge is 2.19. The topological polar surface area (TPSA) is 91.9 Å². The third-order valence-electron chi connectivity index (χ3n) is 17.2. The van der Waals surface area contributed by atoms with Crippen molar-refractivity contribution >= 4 is 86.2 Å². The summed E-state index contributed by atoms with van der Waals surface area (Å²) in [6.45, 7) is 16.3. The summed E-state index contributed by atoms with van der Waals surface area (Å²) >= 11 is 0. The van der Waals surface area contributed by atoms with Crippen molar-refractivity contribution < 1.29 is 28.6 Å². The Morgan fingerprint density at radius 2 is 0.453 bits per heavy atom. The molecule has 0 bridgehead atoms. The third-order valence-corrected chi connectivity index (χ3v) is 17.2. The molecule has 0 aliphatic rings. The maximum Gasteiger partial charge on any atom is 0.338 e. The zero-order valence-corrected chi connectivity index (χ0v) is 59.2. The molecule has 14 rings (SSSR count). The molecule has 0 aliphatic heterocycles. The summed E-state index contributed by atoms with van der Waals surface area (Å²) in [4.78, 5) is 43.6. The number of esters is 3. The number of carbonyl (C=O) groups excluding carboxylic acids is 3. The van der Waals surface area contributed by atoms with Gasteiger partial charge in [0.1, 0.15) is 17.2 Å². The van der Waals surface area contributed by atoms with Crippen LogP contribution in [0.3, 0.4) is 0 Å². The van der Waals surface area contributed by atoms with E-state index in [1.165, 1.54) is 11.1 Å². The maximum atomic E-state index is 11.7. The number of aryl methyl sites for hydroxylation is 2. The molecule has 0 N–H and O–H groups in total. The largest absolute Gasteiger partial charge is 0.423 e. The van der Waals surface area contributed by atoms with Gasteiger partial charge in [0.2, 0.25) is 0 Å². The van der Waals surface area contributed by atoms with Crippen molar-refractivity contribution in [2.45, 2.75) is 20.8 Å². The summed E-state index contributed by atoms with van der Waals surface area (Å²) in [5.41, 5.74) is 22.2. The third kappa shape index (κ3) is 18.5. The molecular formula is C96H78N4O6. The van der Waals surface area contributed by atoms with Gasteiger partial charge in [0.05, 0.1) is 0 Å². The highest BCUT2D eigenvalue weighted by atomic mass is 16.5. The number of rotatable bonds is 21. The molecule has 0 spiro atoms. The summed E-state index contributed by atoms with van der Waals surface area (Å²) in [6.07, 6.45) is 2.31. The predicted molar refractivity (Wildman–Crippen MR) is 436 cm³/mol. The lowest BCUT2D eigenvalue weighted by molar-refractivity contribution is -0.130. The van der Waals surface area contributed by atoms with Crippen LogP contribution in [0.5, 0.6) is 17.2 Å². The molecule has 10 heteroatoms. The van der Waals surface area contributed by atoms with E-state index < -0.39 is 17.9 Å². The van der Waals surface area contributed by atoms with Crippen LogP contribution in [-0.2, 0) is 14.4 Å². The lowest BCUT2D eigenvalue weighted by atomic mass is 10.0. The van der Waals surface area contributed by atoms with Crippen molar-refractivity contribution in [1.82, 2.24) is 0 Å². The fourth-order valence-corrected chi connectivity index (χ4v) is 12.0. The van der Waals surface area contributed by atoms with E-state index >= 15 is 0 Å². The highest BCUT2D eigenvalue weighted by molar-refractivity contribution is 5.89. The van der Waals surface area contributed by atoms with Crippen LogP contribution >= 0.6 is 0 Å². The smallest absolute Gasteiger partial charge is 0.338 e. The number of para-hydroxylation sites is 5. The van der Waals surface area contributed by atoms with Gasteiger partial charge in [0.15, 0.2) is 0 Å². The number of carbonyl (C=O) groups is 3. The molecular weight excluding hydrogens is 1310 g/mol. The quantitative estimate of drug-likeness (QED) is 0.0393.